The van der Waals surface area contributed by atoms with Gasteiger partial charge in [0.25, 0.3) is 5.91 Å². The lowest BCUT2D eigenvalue weighted by Gasteiger charge is -2.20. The molecule has 0 atom stereocenters. The van der Waals surface area contributed by atoms with Crippen molar-refractivity contribution in [2.75, 3.05) is 33.9 Å². The van der Waals surface area contributed by atoms with E-state index in [4.69, 9.17) is 9.47 Å². The number of nitrogens with one attached hydrogen (secondary N) is 2. The predicted octanol–water partition coefficient (Wildman–Crippen LogP) is 1.74. The smallest absolute Gasteiger partial charge is 0.251 e. The van der Waals surface area contributed by atoms with Crippen LogP contribution in [0.15, 0.2) is 42.5 Å². The summed E-state index contributed by atoms with van der Waals surface area (Å²) in [4.78, 5) is 38.3. The third kappa shape index (κ3) is 7.29. The van der Waals surface area contributed by atoms with Gasteiger partial charge in [0.05, 0.1) is 27.3 Å². The van der Waals surface area contributed by atoms with Gasteiger partial charge >= 0.3 is 0 Å². The van der Waals surface area contributed by atoms with Gasteiger partial charge in [0, 0.05) is 24.7 Å². The van der Waals surface area contributed by atoms with Crippen molar-refractivity contribution < 1.29 is 28.2 Å². The Morgan fingerprint density at radius 2 is 1.58 bits per heavy atom. The normalized spacial score (nSPS) is 10.2. The lowest BCUT2D eigenvalue weighted by Crippen LogP contribution is -2.44. The minimum absolute atomic E-state index is 0.153. The van der Waals surface area contributed by atoms with Crippen LogP contribution in [0.25, 0.3) is 0 Å². The average molecular weight is 431 g/mol. The fraction of sp³-hybridized carbons (Fsp3) is 0.318. The number of carbonyl (C=O) groups is 3. The van der Waals surface area contributed by atoms with Crippen LogP contribution in [0.1, 0.15) is 22.8 Å². The fourth-order valence-electron chi connectivity index (χ4n) is 2.72. The van der Waals surface area contributed by atoms with Crippen LogP contribution in [-0.4, -0.2) is 56.5 Å². The highest BCUT2D eigenvalue weighted by atomic mass is 19.1. The van der Waals surface area contributed by atoms with E-state index in [1.54, 1.807) is 25.1 Å². The fourth-order valence-corrected chi connectivity index (χ4v) is 2.72. The van der Waals surface area contributed by atoms with Crippen LogP contribution < -0.4 is 20.1 Å². The zero-order valence-electron chi connectivity index (χ0n) is 17.7. The summed E-state index contributed by atoms with van der Waals surface area (Å²) in [7, 11) is 2.94. The molecule has 0 spiro atoms. The van der Waals surface area contributed by atoms with Gasteiger partial charge < -0.3 is 25.0 Å². The van der Waals surface area contributed by atoms with Gasteiger partial charge in [0.15, 0.2) is 0 Å². The Kier molecular flexibility index (Phi) is 8.80. The number of amides is 3. The Bertz CT molecular complexity index is 896. The molecule has 0 saturated heterocycles. The molecule has 0 aliphatic heterocycles. The van der Waals surface area contributed by atoms with E-state index in [1.807, 2.05) is 0 Å². The number of halogens is 1. The maximum atomic E-state index is 12.9. The van der Waals surface area contributed by atoms with Crippen molar-refractivity contribution in [2.24, 2.45) is 0 Å². The standard InChI is InChI=1S/C22H26FN3O5/c1-4-26(14-20(27)24-12-15-5-7-17(23)8-6-15)21(28)13-25-22(29)16-9-18(30-2)11-19(10-16)31-3/h5-11H,4,12-14H2,1-3H3,(H,24,27)(H,25,29). The second kappa shape index (κ2) is 11.5. The van der Waals surface area contributed by atoms with Crippen LogP contribution in [0.5, 0.6) is 11.5 Å². The molecule has 0 aromatic heterocycles. The lowest BCUT2D eigenvalue weighted by atomic mass is 10.2. The first-order chi connectivity index (χ1) is 14.9. The number of likely N-dealkylation sites (N-methyl/N-ethyl adjacent to an activating group) is 1. The largest absolute Gasteiger partial charge is 0.497 e. The monoisotopic (exact) mass is 431 g/mol. The summed E-state index contributed by atoms with van der Waals surface area (Å²) in [6.07, 6.45) is 0. The van der Waals surface area contributed by atoms with E-state index < -0.39 is 11.8 Å². The predicted molar refractivity (Wildman–Crippen MR) is 112 cm³/mol. The summed E-state index contributed by atoms with van der Waals surface area (Å²) in [5.41, 5.74) is 1.02. The second-order valence-corrected chi connectivity index (χ2v) is 6.60. The van der Waals surface area contributed by atoms with Crippen LogP contribution in [0.2, 0.25) is 0 Å². The first-order valence-corrected chi connectivity index (χ1v) is 9.66. The summed E-state index contributed by atoms with van der Waals surface area (Å²) >= 11 is 0. The van der Waals surface area contributed by atoms with Crippen molar-refractivity contribution in [1.29, 1.82) is 0 Å². The molecule has 166 valence electrons. The Morgan fingerprint density at radius 3 is 2.13 bits per heavy atom. The number of nitrogens with zero attached hydrogens (tertiary/aromatic N) is 1. The van der Waals surface area contributed by atoms with Gasteiger partial charge in [-0.2, -0.15) is 0 Å². The second-order valence-electron chi connectivity index (χ2n) is 6.60. The van der Waals surface area contributed by atoms with Crippen molar-refractivity contribution in [2.45, 2.75) is 13.5 Å². The number of hydrogen-bond acceptors (Lipinski definition) is 5. The molecular weight excluding hydrogens is 405 g/mol. The Hall–Kier alpha value is -3.62. The van der Waals surface area contributed by atoms with Crippen molar-refractivity contribution >= 4 is 17.7 Å². The van der Waals surface area contributed by atoms with E-state index in [1.165, 1.54) is 43.4 Å². The molecule has 2 aromatic rings. The molecule has 2 rings (SSSR count). The summed E-state index contributed by atoms with van der Waals surface area (Å²) in [5, 5.41) is 5.23. The first-order valence-electron chi connectivity index (χ1n) is 9.66. The molecule has 0 bridgehead atoms. The van der Waals surface area contributed by atoms with Crippen molar-refractivity contribution in [3.8, 4) is 11.5 Å². The highest BCUT2D eigenvalue weighted by Gasteiger charge is 2.17. The molecule has 0 aliphatic carbocycles. The number of ether oxygens (including phenoxy) is 2. The number of methoxy groups -OCH3 is 2. The minimum atomic E-state index is -0.470. The molecule has 0 radical (unpaired) electrons. The summed E-state index contributed by atoms with van der Waals surface area (Å²) in [6, 6.07) is 10.5. The van der Waals surface area contributed by atoms with Gasteiger partial charge in [-0.25, -0.2) is 4.39 Å². The van der Waals surface area contributed by atoms with Crippen molar-refractivity contribution in [3.63, 3.8) is 0 Å². The Balaban J connectivity index is 1.87. The van der Waals surface area contributed by atoms with Crippen LogP contribution >= 0.6 is 0 Å². The number of rotatable bonds is 10. The first kappa shape index (κ1) is 23.7. The van der Waals surface area contributed by atoms with E-state index in [0.717, 1.165) is 5.56 Å². The number of benzene rings is 2. The van der Waals surface area contributed by atoms with Gasteiger partial charge in [-0.1, -0.05) is 12.1 Å². The third-order valence-electron chi connectivity index (χ3n) is 4.49. The van der Waals surface area contributed by atoms with Crippen molar-refractivity contribution in [3.05, 3.63) is 59.4 Å². The van der Waals surface area contributed by atoms with Crippen LogP contribution in [0.3, 0.4) is 0 Å². The van der Waals surface area contributed by atoms with E-state index in [2.05, 4.69) is 10.6 Å². The molecule has 0 saturated carbocycles. The van der Waals surface area contributed by atoms with Gasteiger partial charge in [-0.05, 0) is 36.8 Å². The van der Waals surface area contributed by atoms with Crippen molar-refractivity contribution in [1.82, 2.24) is 15.5 Å². The lowest BCUT2D eigenvalue weighted by molar-refractivity contribution is -0.135. The van der Waals surface area contributed by atoms with Gasteiger partial charge in [0.1, 0.15) is 17.3 Å². The Morgan fingerprint density at radius 1 is 0.968 bits per heavy atom. The number of hydrogen-bond donors (Lipinski definition) is 2. The highest BCUT2D eigenvalue weighted by Crippen LogP contribution is 2.22. The molecule has 0 heterocycles. The summed E-state index contributed by atoms with van der Waals surface area (Å²) < 4.78 is 23.2. The minimum Gasteiger partial charge on any atom is -0.497 e. The molecule has 2 aromatic carbocycles. The van der Waals surface area contributed by atoms with Gasteiger partial charge in [-0.3, -0.25) is 14.4 Å². The quantitative estimate of drug-likeness (QED) is 0.597. The molecule has 9 heteroatoms. The van der Waals surface area contributed by atoms with Crippen LogP contribution in [-0.2, 0) is 16.1 Å². The zero-order chi connectivity index (χ0) is 22.8. The van der Waals surface area contributed by atoms with Crippen LogP contribution in [0, 0.1) is 5.82 Å². The van der Waals surface area contributed by atoms with E-state index in [9.17, 15) is 18.8 Å². The maximum Gasteiger partial charge on any atom is 0.251 e. The van der Waals surface area contributed by atoms with E-state index >= 15 is 0 Å². The third-order valence-corrected chi connectivity index (χ3v) is 4.49. The average Bonchev–Trinajstić information content (AvgIpc) is 2.79. The molecule has 0 aliphatic rings. The molecule has 0 unspecified atom stereocenters. The SMILES string of the molecule is CCN(CC(=O)NCc1ccc(F)cc1)C(=O)CNC(=O)c1cc(OC)cc(OC)c1. The molecule has 3 amide bonds. The topological polar surface area (TPSA) is 97.0 Å². The molecule has 8 nitrogen and oxygen atoms in total. The molecule has 2 N–H and O–H groups in total. The Labute approximate surface area is 180 Å². The van der Waals surface area contributed by atoms with E-state index in [-0.39, 0.29) is 36.9 Å². The summed E-state index contributed by atoms with van der Waals surface area (Å²) in [6.45, 7) is 1.83. The zero-order valence-corrected chi connectivity index (χ0v) is 17.7. The summed E-state index contributed by atoms with van der Waals surface area (Å²) in [5.74, 6) is -0.687. The molecule has 31 heavy (non-hydrogen) atoms. The van der Waals surface area contributed by atoms with Crippen LogP contribution in [0.4, 0.5) is 4.39 Å². The number of carbonyl (C=O) groups excluding carboxylic acids is 3. The van der Waals surface area contributed by atoms with E-state index in [0.29, 0.717) is 18.0 Å². The van der Waals surface area contributed by atoms with Gasteiger partial charge in [-0.15, -0.1) is 0 Å². The van der Waals surface area contributed by atoms with Gasteiger partial charge in [0.2, 0.25) is 11.8 Å². The maximum absolute atomic E-state index is 12.9. The highest BCUT2D eigenvalue weighted by molar-refractivity contribution is 5.97. The molecular formula is C22H26FN3O5. The molecule has 0 fully saturated rings.